The smallest absolute Gasteiger partial charge is 0.407 e. The average molecular weight is 516 g/mol. The van der Waals surface area contributed by atoms with Gasteiger partial charge in [0, 0.05) is 24.3 Å². The number of nitrogens with zero attached hydrogens (tertiary/aromatic N) is 2. The molecule has 36 heavy (non-hydrogen) atoms. The summed E-state index contributed by atoms with van der Waals surface area (Å²) >= 11 is 0.850. The average Bonchev–Trinajstić information content (AvgIpc) is 3.22. The number of nitrogen functional groups attached to an aromatic ring is 1. The number of piperidine rings is 1. The minimum atomic E-state index is -0.990. The van der Waals surface area contributed by atoms with Gasteiger partial charge >= 0.3 is 6.09 Å². The van der Waals surface area contributed by atoms with Crippen LogP contribution in [0.2, 0.25) is 0 Å². The summed E-state index contributed by atoms with van der Waals surface area (Å²) in [5, 5.41) is 15.3. The van der Waals surface area contributed by atoms with Crippen LogP contribution in [-0.4, -0.2) is 51.9 Å². The molecule has 9 nitrogen and oxygen atoms in total. The summed E-state index contributed by atoms with van der Waals surface area (Å²) in [6.07, 6.45) is 1.43. The molecule has 0 radical (unpaired) electrons. The molecule has 1 atom stereocenters. The SMILES string of the molecule is Nc1nc(Nc2ccc(C(=O)NCC3CCCCN3C(=O)O)cc2)sc1C(=O)c1c(F)cccc1F. The summed E-state index contributed by atoms with van der Waals surface area (Å²) in [6.45, 7) is 0.684. The van der Waals surface area contributed by atoms with Gasteiger partial charge in [-0.2, -0.15) is 0 Å². The third-order valence-electron chi connectivity index (χ3n) is 5.82. The van der Waals surface area contributed by atoms with Gasteiger partial charge in [-0.05, 0) is 55.7 Å². The Bertz CT molecular complexity index is 1280. The molecule has 0 aliphatic carbocycles. The van der Waals surface area contributed by atoms with Crippen LogP contribution in [0.15, 0.2) is 42.5 Å². The van der Waals surface area contributed by atoms with E-state index in [9.17, 15) is 28.3 Å². The molecule has 2 heterocycles. The molecule has 1 fully saturated rings. The van der Waals surface area contributed by atoms with Crippen LogP contribution >= 0.6 is 11.3 Å². The minimum absolute atomic E-state index is 0.101. The molecule has 188 valence electrons. The second-order valence-electron chi connectivity index (χ2n) is 8.20. The Morgan fingerprint density at radius 3 is 2.47 bits per heavy atom. The van der Waals surface area contributed by atoms with E-state index in [1.165, 1.54) is 4.90 Å². The normalized spacial score (nSPS) is 15.4. The summed E-state index contributed by atoms with van der Waals surface area (Å²) in [5.74, 6) is -3.38. The van der Waals surface area contributed by atoms with Crippen molar-refractivity contribution in [2.75, 3.05) is 24.1 Å². The lowest BCUT2D eigenvalue weighted by molar-refractivity contribution is 0.0882. The highest BCUT2D eigenvalue weighted by Crippen LogP contribution is 2.31. The minimum Gasteiger partial charge on any atom is -0.465 e. The molecular formula is C24H23F2N5O4S. The number of thiazole rings is 1. The molecular weight excluding hydrogens is 492 g/mol. The predicted molar refractivity (Wildman–Crippen MR) is 131 cm³/mol. The Labute approximate surface area is 208 Å². The molecule has 1 aliphatic rings. The van der Waals surface area contributed by atoms with E-state index in [0.717, 1.165) is 42.4 Å². The highest BCUT2D eigenvalue weighted by molar-refractivity contribution is 7.18. The zero-order valence-corrected chi connectivity index (χ0v) is 19.8. The van der Waals surface area contributed by atoms with E-state index >= 15 is 0 Å². The van der Waals surface area contributed by atoms with E-state index in [1.807, 2.05) is 0 Å². The number of nitrogens with two attached hydrogens (primary N) is 1. The lowest BCUT2D eigenvalue weighted by Crippen LogP contribution is -2.48. The fraction of sp³-hybridized carbons (Fsp3) is 0.250. The first-order valence-corrected chi connectivity index (χ1v) is 12.0. The van der Waals surface area contributed by atoms with Gasteiger partial charge < -0.3 is 26.4 Å². The van der Waals surface area contributed by atoms with Crippen molar-refractivity contribution < 1.29 is 28.3 Å². The van der Waals surface area contributed by atoms with Crippen molar-refractivity contribution in [1.29, 1.82) is 0 Å². The first-order chi connectivity index (χ1) is 17.2. The molecule has 2 amide bonds. The second kappa shape index (κ2) is 10.7. The fourth-order valence-corrected chi connectivity index (χ4v) is 4.83. The van der Waals surface area contributed by atoms with Crippen LogP contribution < -0.4 is 16.4 Å². The number of rotatable bonds is 7. The standard InChI is InChI=1S/C24H23F2N5O4S/c25-16-5-3-6-17(26)18(16)19(32)20-21(27)30-23(36-20)29-14-9-7-13(8-10-14)22(33)28-12-15-4-1-2-11-31(15)24(34)35/h3,5-10,15H,1-2,4,11-12,27H2,(H,28,33)(H,29,30)(H,34,35). The van der Waals surface area contributed by atoms with Gasteiger partial charge in [0.1, 0.15) is 22.3 Å². The summed E-state index contributed by atoms with van der Waals surface area (Å²) in [6, 6.07) is 9.27. The van der Waals surface area contributed by atoms with Gasteiger partial charge in [-0.1, -0.05) is 17.4 Å². The first-order valence-electron chi connectivity index (χ1n) is 11.1. The van der Waals surface area contributed by atoms with Gasteiger partial charge in [0.15, 0.2) is 5.13 Å². The number of anilines is 3. The molecule has 0 saturated carbocycles. The largest absolute Gasteiger partial charge is 0.465 e. The molecule has 1 aromatic heterocycles. The van der Waals surface area contributed by atoms with Crippen molar-refractivity contribution in [2.24, 2.45) is 0 Å². The number of benzene rings is 2. The number of aromatic nitrogens is 1. The maximum Gasteiger partial charge on any atom is 0.407 e. The number of carboxylic acid groups (broad SMARTS) is 1. The van der Waals surface area contributed by atoms with Gasteiger partial charge in [0.05, 0.1) is 11.6 Å². The molecule has 2 aromatic carbocycles. The molecule has 0 bridgehead atoms. The van der Waals surface area contributed by atoms with Gasteiger partial charge in [-0.15, -0.1) is 0 Å². The summed E-state index contributed by atoms with van der Waals surface area (Å²) in [4.78, 5) is 41.8. The third-order valence-corrected chi connectivity index (χ3v) is 6.80. The van der Waals surface area contributed by atoms with Crippen LogP contribution in [-0.2, 0) is 0 Å². The number of hydrogen-bond donors (Lipinski definition) is 4. The van der Waals surface area contributed by atoms with Crippen LogP contribution in [0.1, 0.15) is 44.9 Å². The van der Waals surface area contributed by atoms with Crippen molar-refractivity contribution in [1.82, 2.24) is 15.2 Å². The molecule has 1 aliphatic heterocycles. The van der Waals surface area contributed by atoms with Gasteiger partial charge in [-0.25, -0.2) is 18.6 Å². The molecule has 1 unspecified atom stereocenters. The highest BCUT2D eigenvalue weighted by atomic mass is 32.1. The van der Waals surface area contributed by atoms with Gasteiger partial charge in [-0.3, -0.25) is 9.59 Å². The molecule has 5 N–H and O–H groups in total. The number of halogens is 2. The summed E-state index contributed by atoms with van der Waals surface area (Å²) in [5.41, 5.74) is 6.04. The molecule has 4 rings (SSSR count). The van der Waals surface area contributed by atoms with Crippen molar-refractivity contribution in [3.05, 3.63) is 70.1 Å². The Balaban J connectivity index is 1.39. The second-order valence-corrected chi connectivity index (χ2v) is 9.20. The third kappa shape index (κ3) is 5.43. The zero-order valence-electron chi connectivity index (χ0n) is 19.0. The Morgan fingerprint density at radius 2 is 1.81 bits per heavy atom. The summed E-state index contributed by atoms with van der Waals surface area (Å²) in [7, 11) is 0. The van der Waals surface area contributed by atoms with E-state index in [2.05, 4.69) is 15.6 Å². The van der Waals surface area contributed by atoms with E-state index in [0.29, 0.717) is 24.2 Å². The first kappa shape index (κ1) is 25.0. The number of carbonyl (C=O) groups is 3. The fourth-order valence-electron chi connectivity index (χ4n) is 3.98. The van der Waals surface area contributed by atoms with Crippen molar-refractivity contribution in [3.8, 4) is 0 Å². The Kier molecular flexibility index (Phi) is 7.44. The number of nitrogens with one attached hydrogen (secondary N) is 2. The topological polar surface area (TPSA) is 138 Å². The maximum absolute atomic E-state index is 14.0. The van der Waals surface area contributed by atoms with Crippen LogP contribution in [0.4, 0.5) is 30.2 Å². The van der Waals surface area contributed by atoms with Crippen molar-refractivity contribution in [3.63, 3.8) is 0 Å². The molecule has 1 saturated heterocycles. The van der Waals surface area contributed by atoms with Crippen LogP contribution in [0.3, 0.4) is 0 Å². The van der Waals surface area contributed by atoms with E-state index in [4.69, 9.17) is 5.73 Å². The zero-order chi connectivity index (χ0) is 25.8. The number of likely N-dealkylation sites (tertiary alicyclic amines) is 1. The van der Waals surface area contributed by atoms with Crippen molar-refractivity contribution in [2.45, 2.75) is 25.3 Å². The van der Waals surface area contributed by atoms with Crippen LogP contribution in [0.25, 0.3) is 0 Å². The van der Waals surface area contributed by atoms with Crippen LogP contribution in [0.5, 0.6) is 0 Å². The molecule has 3 aromatic rings. The highest BCUT2D eigenvalue weighted by Gasteiger charge is 2.27. The summed E-state index contributed by atoms with van der Waals surface area (Å²) < 4.78 is 28.0. The van der Waals surface area contributed by atoms with Crippen LogP contribution in [0, 0.1) is 11.6 Å². The van der Waals surface area contributed by atoms with E-state index < -0.39 is 29.1 Å². The quantitative estimate of drug-likeness (QED) is 0.345. The number of ketones is 1. The van der Waals surface area contributed by atoms with Gasteiger partial charge in [0.25, 0.3) is 5.91 Å². The lowest BCUT2D eigenvalue weighted by Gasteiger charge is -2.33. The lowest BCUT2D eigenvalue weighted by atomic mass is 10.0. The number of hydrogen-bond acceptors (Lipinski definition) is 7. The van der Waals surface area contributed by atoms with E-state index in [1.54, 1.807) is 24.3 Å². The molecule has 0 spiro atoms. The Hall–Kier alpha value is -4.06. The molecule has 12 heteroatoms. The Morgan fingerprint density at radius 1 is 1.11 bits per heavy atom. The van der Waals surface area contributed by atoms with Gasteiger partial charge in [0.2, 0.25) is 5.78 Å². The van der Waals surface area contributed by atoms with E-state index in [-0.39, 0.29) is 34.3 Å². The monoisotopic (exact) mass is 515 g/mol. The number of amides is 2. The van der Waals surface area contributed by atoms with Crippen molar-refractivity contribution >= 4 is 45.8 Å². The maximum atomic E-state index is 14.0. The number of carbonyl (C=O) groups excluding carboxylic acids is 2. The predicted octanol–water partition coefficient (Wildman–Crippen LogP) is 4.24.